The molecule has 37 heavy (non-hydrogen) atoms. The predicted octanol–water partition coefficient (Wildman–Crippen LogP) is 5.34. The van der Waals surface area contributed by atoms with Gasteiger partial charge in [0, 0.05) is 42.4 Å². The average Bonchev–Trinajstić information content (AvgIpc) is 2.86. The van der Waals surface area contributed by atoms with E-state index >= 15 is 0 Å². The number of nitrogens with zero attached hydrogens (tertiary/aromatic N) is 2. The second-order valence-electron chi connectivity index (χ2n) is 10.4. The lowest BCUT2D eigenvalue weighted by Crippen LogP contribution is -2.44. The fourth-order valence-corrected chi connectivity index (χ4v) is 5.59. The van der Waals surface area contributed by atoms with Crippen molar-refractivity contribution in [2.45, 2.75) is 77.9 Å². The van der Waals surface area contributed by atoms with Gasteiger partial charge in [-0.2, -0.15) is 0 Å². The summed E-state index contributed by atoms with van der Waals surface area (Å²) in [6.07, 6.45) is 6.92. The number of aromatic nitrogens is 1. The van der Waals surface area contributed by atoms with Gasteiger partial charge in [0.05, 0.1) is 5.52 Å². The van der Waals surface area contributed by atoms with Crippen molar-refractivity contribution in [1.29, 1.82) is 5.41 Å². The van der Waals surface area contributed by atoms with Gasteiger partial charge in [0.1, 0.15) is 5.84 Å². The first-order valence-electron chi connectivity index (χ1n) is 13.4. The highest BCUT2D eigenvalue weighted by Crippen LogP contribution is 2.26. The highest BCUT2D eigenvalue weighted by Gasteiger charge is 2.23. The molecule has 0 saturated carbocycles. The highest BCUT2D eigenvalue weighted by molar-refractivity contribution is 5.97. The number of fused-ring (bicyclic) bond motifs is 1. The summed E-state index contributed by atoms with van der Waals surface area (Å²) >= 11 is 0. The molecule has 1 aromatic heterocycles. The molecule has 0 bridgehead atoms. The third kappa shape index (κ3) is 6.28. The van der Waals surface area contributed by atoms with Crippen molar-refractivity contribution < 1.29 is 4.79 Å². The number of unbranched alkanes of at least 4 members (excludes halogenated alkanes) is 2. The van der Waals surface area contributed by atoms with Crippen LogP contribution in [0.1, 0.15) is 64.9 Å². The van der Waals surface area contributed by atoms with Crippen molar-refractivity contribution in [2.24, 2.45) is 5.73 Å². The fraction of sp³-hybridized carbons (Fsp3) is 0.433. The van der Waals surface area contributed by atoms with E-state index in [9.17, 15) is 9.59 Å². The molecule has 1 aliphatic rings. The molecule has 1 amide bonds. The Kier molecular flexibility index (Phi) is 8.44. The van der Waals surface area contributed by atoms with Crippen molar-refractivity contribution in [2.75, 3.05) is 11.9 Å². The lowest BCUT2D eigenvalue weighted by molar-refractivity contribution is -0.114. The van der Waals surface area contributed by atoms with E-state index < -0.39 is 0 Å². The quantitative estimate of drug-likeness (QED) is 0.209. The minimum Gasteiger partial charge on any atom is -0.384 e. The minimum atomic E-state index is -0.146. The van der Waals surface area contributed by atoms with Crippen LogP contribution < -0.4 is 16.6 Å². The molecular formula is C30H39N5O2. The van der Waals surface area contributed by atoms with Gasteiger partial charge in [-0.25, -0.2) is 0 Å². The molecule has 0 spiro atoms. The Bertz CT molecular complexity index is 1340. The van der Waals surface area contributed by atoms with Crippen molar-refractivity contribution in [1.82, 2.24) is 9.47 Å². The van der Waals surface area contributed by atoms with E-state index in [0.717, 1.165) is 42.3 Å². The largest absolute Gasteiger partial charge is 0.384 e. The molecule has 196 valence electrons. The van der Waals surface area contributed by atoms with Crippen LogP contribution in [0.2, 0.25) is 0 Å². The zero-order valence-corrected chi connectivity index (χ0v) is 22.2. The molecule has 1 saturated heterocycles. The lowest BCUT2D eigenvalue weighted by atomic mass is 9.97. The number of nitrogen functional groups attached to an aromatic ring is 1. The molecule has 7 nitrogen and oxygen atoms in total. The van der Waals surface area contributed by atoms with Gasteiger partial charge in [0.2, 0.25) is 5.91 Å². The van der Waals surface area contributed by atoms with E-state index in [1.54, 1.807) is 12.1 Å². The zero-order chi connectivity index (χ0) is 26.5. The lowest BCUT2D eigenvalue weighted by Gasteiger charge is -2.39. The molecule has 4 N–H and O–H groups in total. The SMILES string of the molecule is CC(=O)Nc1ccc2cc(-c3cccc(C(=N)N)c3)c(=O)n(CCCCCN3[C@H](C)CCC[C@@H]3C)c2c1. The number of benzene rings is 2. The predicted molar refractivity (Wildman–Crippen MR) is 152 cm³/mol. The van der Waals surface area contributed by atoms with Crippen LogP contribution >= 0.6 is 0 Å². The number of aryl methyl sites for hydroxylation is 1. The molecule has 4 rings (SSSR count). The molecule has 2 heterocycles. The van der Waals surface area contributed by atoms with Gasteiger partial charge >= 0.3 is 0 Å². The molecule has 3 aromatic rings. The maximum absolute atomic E-state index is 13.8. The third-order valence-electron chi connectivity index (χ3n) is 7.58. The Morgan fingerprint density at radius 3 is 2.46 bits per heavy atom. The molecule has 2 aromatic carbocycles. The Labute approximate surface area is 219 Å². The Morgan fingerprint density at radius 1 is 1.03 bits per heavy atom. The molecule has 0 aliphatic carbocycles. The molecule has 2 atom stereocenters. The number of hydrogen-bond acceptors (Lipinski definition) is 4. The fourth-order valence-electron chi connectivity index (χ4n) is 5.59. The Balaban J connectivity index is 1.61. The van der Waals surface area contributed by atoms with E-state index in [-0.39, 0.29) is 17.3 Å². The Morgan fingerprint density at radius 2 is 1.76 bits per heavy atom. The second kappa shape index (κ2) is 11.7. The molecular weight excluding hydrogens is 462 g/mol. The van der Waals surface area contributed by atoms with Gasteiger partial charge in [0.15, 0.2) is 0 Å². The van der Waals surface area contributed by atoms with E-state index in [0.29, 0.717) is 35.4 Å². The van der Waals surface area contributed by atoms with Crippen LogP contribution in [-0.2, 0) is 11.3 Å². The summed E-state index contributed by atoms with van der Waals surface area (Å²) in [5.41, 5.74) is 9.02. The number of amidine groups is 1. The van der Waals surface area contributed by atoms with Crippen molar-refractivity contribution in [3.05, 3.63) is 64.4 Å². The molecule has 1 fully saturated rings. The van der Waals surface area contributed by atoms with Crippen LogP contribution in [0.5, 0.6) is 0 Å². The highest BCUT2D eigenvalue weighted by atomic mass is 16.1. The summed E-state index contributed by atoms with van der Waals surface area (Å²) in [5.74, 6) is -0.174. The number of hydrogen-bond donors (Lipinski definition) is 3. The molecule has 7 heteroatoms. The smallest absolute Gasteiger partial charge is 0.258 e. The van der Waals surface area contributed by atoms with Crippen LogP contribution in [0.15, 0.2) is 53.3 Å². The molecule has 0 radical (unpaired) electrons. The number of nitrogens with one attached hydrogen (secondary N) is 2. The maximum Gasteiger partial charge on any atom is 0.258 e. The first kappa shape index (κ1) is 26.6. The number of likely N-dealkylation sites (tertiary alicyclic amines) is 1. The summed E-state index contributed by atoms with van der Waals surface area (Å²) < 4.78 is 1.84. The minimum absolute atomic E-state index is 0.0275. The van der Waals surface area contributed by atoms with E-state index in [2.05, 4.69) is 24.1 Å². The number of nitrogens with two attached hydrogens (primary N) is 1. The first-order valence-corrected chi connectivity index (χ1v) is 13.4. The normalized spacial score (nSPS) is 18.1. The number of pyridine rings is 1. The number of carbonyl (C=O) groups is 1. The van der Waals surface area contributed by atoms with E-state index in [1.807, 2.05) is 41.0 Å². The van der Waals surface area contributed by atoms with Gasteiger partial charge in [-0.3, -0.25) is 19.9 Å². The topological polar surface area (TPSA) is 104 Å². The van der Waals surface area contributed by atoms with Gasteiger partial charge in [-0.05, 0) is 81.3 Å². The van der Waals surface area contributed by atoms with Crippen LogP contribution in [0.3, 0.4) is 0 Å². The van der Waals surface area contributed by atoms with Gasteiger partial charge in [-0.1, -0.05) is 37.1 Å². The number of amides is 1. The number of rotatable bonds is 9. The van der Waals surface area contributed by atoms with Gasteiger partial charge in [-0.15, -0.1) is 0 Å². The summed E-state index contributed by atoms with van der Waals surface area (Å²) in [5, 5.41) is 11.5. The summed E-state index contributed by atoms with van der Waals surface area (Å²) in [6, 6.07) is 16.1. The van der Waals surface area contributed by atoms with Gasteiger partial charge < -0.3 is 15.6 Å². The van der Waals surface area contributed by atoms with Gasteiger partial charge in [0.25, 0.3) is 5.56 Å². The van der Waals surface area contributed by atoms with Crippen LogP contribution in [0.25, 0.3) is 22.0 Å². The number of carbonyl (C=O) groups excluding carboxylic acids is 1. The maximum atomic E-state index is 13.8. The van der Waals surface area contributed by atoms with E-state index in [1.165, 1.54) is 26.2 Å². The van der Waals surface area contributed by atoms with Crippen LogP contribution in [0.4, 0.5) is 5.69 Å². The standard InChI is InChI=1S/C30H39N5O2/c1-20-9-7-10-21(2)34(20)15-5-4-6-16-35-28-19-26(33-22(3)36)14-13-24(28)18-27(30(35)37)23-11-8-12-25(17-23)29(31)32/h8,11-14,17-21H,4-7,9-10,15-16H2,1-3H3,(H3,31,32)(H,33,36)/t20-,21+. The molecule has 0 unspecified atom stereocenters. The van der Waals surface area contributed by atoms with Crippen LogP contribution in [-0.4, -0.2) is 39.8 Å². The number of anilines is 1. The van der Waals surface area contributed by atoms with Crippen molar-refractivity contribution >= 4 is 28.3 Å². The molecule has 1 aliphatic heterocycles. The summed E-state index contributed by atoms with van der Waals surface area (Å²) in [7, 11) is 0. The van der Waals surface area contributed by atoms with Crippen molar-refractivity contribution in [3.63, 3.8) is 0 Å². The third-order valence-corrected chi connectivity index (χ3v) is 7.58. The first-order chi connectivity index (χ1) is 17.7. The second-order valence-corrected chi connectivity index (χ2v) is 10.4. The van der Waals surface area contributed by atoms with Crippen LogP contribution in [0, 0.1) is 5.41 Å². The summed E-state index contributed by atoms with van der Waals surface area (Å²) in [4.78, 5) is 28.0. The Hall–Kier alpha value is -3.45. The summed E-state index contributed by atoms with van der Waals surface area (Å²) in [6.45, 7) is 7.85. The monoisotopic (exact) mass is 501 g/mol. The zero-order valence-electron chi connectivity index (χ0n) is 22.2. The average molecular weight is 502 g/mol. The van der Waals surface area contributed by atoms with Crippen molar-refractivity contribution in [3.8, 4) is 11.1 Å². The van der Waals surface area contributed by atoms with E-state index in [4.69, 9.17) is 11.1 Å². The number of piperidine rings is 1.